The molecule has 0 saturated carbocycles. The number of esters is 1. The Hall–Kier alpha value is -3.41. The maximum absolute atomic E-state index is 12.1. The minimum Gasteiger partial charge on any atom is -0.455 e. The van der Waals surface area contributed by atoms with Crippen LogP contribution in [0.1, 0.15) is 28.5 Å². The smallest absolute Gasteiger partial charge is 0.338 e. The van der Waals surface area contributed by atoms with Gasteiger partial charge in [-0.15, -0.1) is 0 Å². The van der Waals surface area contributed by atoms with Crippen LogP contribution in [0, 0.1) is 0 Å². The summed E-state index contributed by atoms with van der Waals surface area (Å²) in [7, 11) is 0. The summed E-state index contributed by atoms with van der Waals surface area (Å²) in [6, 6.07) is 18.2. The number of hydrogen-bond donors (Lipinski definition) is 1. The van der Waals surface area contributed by atoms with E-state index in [0.29, 0.717) is 23.6 Å². The molecule has 0 saturated heterocycles. The highest BCUT2D eigenvalue weighted by molar-refractivity contribution is 5.89. The number of amides is 1. The van der Waals surface area contributed by atoms with Gasteiger partial charge in [-0.05, 0) is 17.7 Å². The number of hydrogen-bond acceptors (Lipinski definition) is 5. The second kappa shape index (κ2) is 8.11. The van der Waals surface area contributed by atoms with Gasteiger partial charge in [-0.1, -0.05) is 47.6 Å². The second-order valence-corrected chi connectivity index (χ2v) is 5.73. The van der Waals surface area contributed by atoms with Crippen molar-refractivity contribution in [2.24, 2.45) is 0 Å². The largest absolute Gasteiger partial charge is 0.455 e. The van der Waals surface area contributed by atoms with Crippen molar-refractivity contribution in [1.82, 2.24) is 10.5 Å². The Morgan fingerprint density at radius 2 is 1.81 bits per heavy atom. The number of carbonyl (C=O) groups is 2. The van der Waals surface area contributed by atoms with E-state index in [-0.39, 0.29) is 12.5 Å². The summed E-state index contributed by atoms with van der Waals surface area (Å²) >= 11 is 0. The molecule has 3 rings (SSSR count). The topological polar surface area (TPSA) is 81.4 Å². The molecular weight excluding hydrogens is 332 g/mol. The highest BCUT2D eigenvalue weighted by Crippen LogP contribution is 2.20. The SMILES string of the molecule is CC(=O)NCc1ccc(C(=O)OCc2cc(-c3ccccc3)on2)cc1. The van der Waals surface area contributed by atoms with Crippen molar-refractivity contribution in [3.63, 3.8) is 0 Å². The van der Waals surface area contributed by atoms with Crippen LogP contribution in [0.5, 0.6) is 0 Å². The molecule has 6 nitrogen and oxygen atoms in total. The zero-order valence-corrected chi connectivity index (χ0v) is 14.3. The third-order valence-corrected chi connectivity index (χ3v) is 3.70. The molecule has 0 fully saturated rings. The fourth-order valence-electron chi connectivity index (χ4n) is 2.33. The molecule has 0 unspecified atom stereocenters. The molecule has 132 valence electrons. The first-order valence-corrected chi connectivity index (χ1v) is 8.13. The summed E-state index contributed by atoms with van der Waals surface area (Å²) in [6.07, 6.45) is 0. The van der Waals surface area contributed by atoms with Gasteiger partial charge in [-0.25, -0.2) is 4.79 Å². The Balaban J connectivity index is 1.55. The van der Waals surface area contributed by atoms with Crippen molar-refractivity contribution in [2.45, 2.75) is 20.1 Å². The van der Waals surface area contributed by atoms with Gasteiger partial charge in [0.15, 0.2) is 5.76 Å². The van der Waals surface area contributed by atoms with Gasteiger partial charge >= 0.3 is 5.97 Å². The van der Waals surface area contributed by atoms with Gasteiger partial charge in [0.25, 0.3) is 0 Å². The number of benzene rings is 2. The lowest BCUT2D eigenvalue weighted by molar-refractivity contribution is -0.119. The Labute approximate surface area is 150 Å². The number of nitrogens with one attached hydrogen (secondary N) is 1. The molecule has 1 amide bonds. The zero-order valence-electron chi connectivity index (χ0n) is 14.3. The van der Waals surface area contributed by atoms with E-state index in [0.717, 1.165) is 11.1 Å². The van der Waals surface area contributed by atoms with E-state index < -0.39 is 5.97 Å². The van der Waals surface area contributed by atoms with Crippen LogP contribution in [0.3, 0.4) is 0 Å². The van der Waals surface area contributed by atoms with E-state index >= 15 is 0 Å². The normalized spacial score (nSPS) is 10.3. The van der Waals surface area contributed by atoms with Crippen LogP contribution in [0.15, 0.2) is 65.2 Å². The molecular formula is C20H18N2O4. The maximum atomic E-state index is 12.1. The molecule has 0 aliphatic rings. The van der Waals surface area contributed by atoms with Crippen LogP contribution in [0.2, 0.25) is 0 Å². The van der Waals surface area contributed by atoms with E-state index in [1.807, 2.05) is 30.3 Å². The molecule has 1 N–H and O–H groups in total. The summed E-state index contributed by atoms with van der Waals surface area (Å²) in [5.41, 5.74) is 2.79. The summed E-state index contributed by atoms with van der Waals surface area (Å²) in [4.78, 5) is 23.0. The van der Waals surface area contributed by atoms with Gasteiger partial charge in [-0.2, -0.15) is 0 Å². The molecule has 2 aromatic carbocycles. The van der Waals surface area contributed by atoms with Crippen molar-refractivity contribution in [2.75, 3.05) is 0 Å². The third-order valence-electron chi connectivity index (χ3n) is 3.70. The molecule has 26 heavy (non-hydrogen) atoms. The first kappa shape index (κ1) is 17.4. The molecule has 0 atom stereocenters. The van der Waals surface area contributed by atoms with Crippen LogP contribution in [0.25, 0.3) is 11.3 Å². The van der Waals surface area contributed by atoms with E-state index in [9.17, 15) is 9.59 Å². The van der Waals surface area contributed by atoms with Crippen molar-refractivity contribution in [3.8, 4) is 11.3 Å². The van der Waals surface area contributed by atoms with Crippen molar-refractivity contribution >= 4 is 11.9 Å². The average molecular weight is 350 g/mol. The Kier molecular flexibility index (Phi) is 5.43. The first-order valence-electron chi connectivity index (χ1n) is 8.13. The molecule has 6 heteroatoms. The minimum atomic E-state index is -0.444. The van der Waals surface area contributed by atoms with Gasteiger partial charge < -0.3 is 14.6 Å². The van der Waals surface area contributed by atoms with Crippen LogP contribution in [-0.2, 0) is 22.7 Å². The fourth-order valence-corrected chi connectivity index (χ4v) is 2.33. The monoisotopic (exact) mass is 350 g/mol. The lowest BCUT2D eigenvalue weighted by Gasteiger charge is -2.05. The Bertz CT molecular complexity index is 886. The highest BCUT2D eigenvalue weighted by atomic mass is 16.5. The maximum Gasteiger partial charge on any atom is 0.338 e. The van der Waals surface area contributed by atoms with Crippen molar-refractivity contribution in [3.05, 3.63) is 77.5 Å². The number of ether oxygens (including phenoxy) is 1. The summed E-state index contributed by atoms with van der Waals surface area (Å²) in [5.74, 6) is 0.0790. The quantitative estimate of drug-likeness (QED) is 0.690. The molecule has 0 aliphatic carbocycles. The predicted octanol–water partition coefficient (Wildman–Crippen LogP) is 3.33. The fraction of sp³-hybridized carbons (Fsp3) is 0.150. The molecule has 0 bridgehead atoms. The lowest BCUT2D eigenvalue weighted by atomic mass is 10.1. The second-order valence-electron chi connectivity index (χ2n) is 5.73. The zero-order chi connectivity index (χ0) is 18.4. The standard InChI is InChI=1S/C20H18N2O4/c1-14(23)21-12-15-7-9-17(10-8-15)20(24)25-13-18-11-19(26-22-18)16-5-3-2-4-6-16/h2-11H,12-13H2,1H3,(H,21,23). The van der Waals surface area contributed by atoms with Gasteiger partial charge in [0.05, 0.1) is 5.56 Å². The van der Waals surface area contributed by atoms with Gasteiger partial charge in [0.2, 0.25) is 5.91 Å². The summed E-state index contributed by atoms with van der Waals surface area (Å²) in [5, 5.41) is 6.62. The molecule has 1 aromatic heterocycles. The molecule has 0 aliphatic heterocycles. The molecule has 0 spiro atoms. The lowest BCUT2D eigenvalue weighted by Crippen LogP contribution is -2.18. The number of aromatic nitrogens is 1. The van der Waals surface area contributed by atoms with E-state index in [1.165, 1.54) is 6.92 Å². The van der Waals surface area contributed by atoms with Crippen LogP contribution in [-0.4, -0.2) is 17.0 Å². The molecule has 3 aromatic rings. The van der Waals surface area contributed by atoms with E-state index in [2.05, 4.69) is 10.5 Å². The molecule has 0 radical (unpaired) electrons. The average Bonchev–Trinajstić information content (AvgIpc) is 3.14. The minimum absolute atomic E-state index is 0.0306. The number of rotatable bonds is 6. The first-order chi connectivity index (χ1) is 12.6. The predicted molar refractivity (Wildman–Crippen MR) is 95.0 cm³/mol. The highest BCUT2D eigenvalue weighted by Gasteiger charge is 2.11. The van der Waals surface area contributed by atoms with Crippen LogP contribution >= 0.6 is 0 Å². The molecule has 1 heterocycles. The van der Waals surface area contributed by atoms with Gasteiger partial charge in [0.1, 0.15) is 12.3 Å². The van der Waals surface area contributed by atoms with Crippen molar-refractivity contribution < 1.29 is 18.8 Å². The van der Waals surface area contributed by atoms with Gasteiger partial charge in [-0.3, -0.25) is 4.79 Å². The van der Waals surface area contributed by atoms with Gasteiger partial charge in [0, 0.05) is 25.1 Å². The summed E-state index contributed by atoms with van der Waals surface area (Å²) in [6.45, 7) is 1.91. The van der Waals surface area contributed by atoms with Crippen LogP contribution < -0.4 is 5.32 Å². The number of nitrogens with zero attached hydrogens (tertiary/aromatic N) is 1. The van der Waals surface area contributed by atoms with Crippen LogP contribution in [0.4, 0.5) is 0 Å². The summed E-state index contributed by atoms with van der Waals surface area (Å²) < 4.78 is 10.5. The van der Waals surface area contributed by atoms with E-state index in [1.54, 1.807) is 30.3 Å². The Morgan fingerprint density at radius 3 is 2.50 bits per heavy atom. The number of carbonyl (C=O) groups excluding carboxylic acids is 2. The Morgan fingerprint density at radius 1 is 1.08 bits per heavy atom. The van der Waals surface area contributed by atoms with Crippen molar-refractivity contribution in [1.29, 1.82) is 0 Å². The third kappa shape index (κ3) is 4.57. The van der Waals surface area contributed by atoms with E-state index in [4.69, 9.17) is 9.26 Å².